The number of hydrogen-bond acceptors (Lipinski definition) is 10. The summed E-state index contributed by atoms with van der Waals surface area (Å²) in [4.78, 5) is 31.4. The number of fused-ring (bicyclic) bond motifs is 7. The summed E-state index contributed by atoms with van der Waals surface area (Å²) < 4.78 is 29.1. The highest BCUT2D eigenvalue weighted by atomic mass is 35.5. The predicted octanol–water partition coefficient (Wildman–Crippen LogP) is 5.57. The van der Waals surface area contributed by atoms with Gasteiger partial charge in [0.2, 0.25) is 0 Å². The normalized spacial score (nSPS) is 26.0. The summed E-state index contributed by atoms with van der Waals surface area (Å²) in [5.41, 5.74) is 2.21. The van der Waals surface area contributed by atoms with Crippen LogP contribution in [0.15, 0.2) is 18.5 Å². The van der Waals surface area contributed by atoms with Crippen LogP contribution in [-0.2, 0) is 4.74 Å². The van der Waals surface area contributed by atoms with Gasteiger partial charge in [0.05, 0.1) is 41.4 Å². The second-order valence-corrected chi connectivity index (χ2v) is 14.3. The molecule has 4 fully saturated rings. The number of aliphatic hydroxyl groups is 1. The lowest BCUT2D eigenvalue weighted by atomic mass is 9.94. The van der Waals surface area contributed by atoms with Gasteiger partial charge in [0.15, 0.2) is 5.82 Å². The monoisotopic (exact) mass is 692 g/mol. The van der Waals surface area contributed by atoms with Crippen molar-refractivity contribution < 1.29 is 23.8 Å². The fraction of sp³-hybridized carbons (Fsp3) is 0.571. The molecule has 49 heavy (non-hydrogen) atoms. The molecule has 4 unspecified atom stereocenters. The van der Waals surface area contributed by atoms with Crippen LogP contribution in [0.2, 0.25) is 5.02 Å². The first-order valence-corrected chi connectivity index (χ1v) is 18.0. The molecule has 6 bridgehead atoms. The van der Waals surface area contributed by atoms with Gasteiger partial charge in [0.25, 0.3) is 0 Å². The number of halogens is 2. The lowest BCUT2D eigenvalue weighted by Gasteiger charge is -2.37. The second-order valence-electron chi connectivity index (χ2n) is 13.9. The number of aromatic amines is 1. The first-order chi connectivity index (χ1) is 23.9. The molecule has 12 nitrogen and oxygen atoms in total. The lowest BCUT2D eigenvalue weighted by molar-refractivity contribution is 0.107. The summed E-state index contributed by atoms with van der Waals surface area (Å²) >= 11 is 6.92. The Labute approximate surface area is 288 Å². The van der Waals surface area contributed by atoms with Gasteiger partial charge in [0.1, 0.15) is 23.6 Å². The van der Waals surface area contributed by atoms with Gasteiger partial charge in [-0.1, -0.05) is 25.4 Å². The molecule has 1 aliphatic carbocycles. The van der Waals surface area contributed by atoms with E-state index in [0.717, 1.165) is 50.8 Å². The van der Waals surface area contributed by atoms with Crippen LogP contribution in [0.1, 0.15) is 70.3 Å². The maximum atomic E-state index is 17.2. The number of nitrogens with zero attached hydrogens (tertiary/aromatic N) is 6. The molecular formula is C35H42ClFN8O4. The van der Waals surface area contributed by atoms with Crippen molar-refractivity contribution in [3.63, 3.8) is 0 Å². The second kappa shape index (κ2) is 12.8. The van der Waals surface area contributed by atoms with Crippen molar-refractivity contribution in [1.82, 2.24) is 35.4 Å². The van der Waals surface area contributed by atoms with Crippen LogP contribution in [0.5, 0.6) is 6.01 Å². The Morgan fingerprint density at radius 3 is 2.78 bits per heavy atom. The van der Waals surface area contributed by atoms with Gasteiger partial charge in [-0.25, -0.2) is 9.18 Å². The minimum atomic E-state index is -0.761. The number of pyridine rings is 1. The van der Waals surface area contributed by atoms with Gasteiger partial charge < -0.3 is 24.8 Å². The SMILES string of the molecule is CC.O=C1NC2CC(O)CN(C2)c2nc(OCC34CCCN3CCC4)nc3c(F)c(ncc23)-c2c(c(Cl)cc3[nH]ncc23)C2CC2CCO1. The zero-order valence-electron chi connectivity index (χ0n) is 27.8. The fourth-order valence-electron chi connectivity index (χ4n) is 8.63. The highest BCUT2D eigenvalue weighted by molar-refractivity contribution is 6.33. The quantitative estimate of drug-likeness (QED) is 0.250. The molecule has 0 spiro atoms. The van der Waals surface area contributed by atoms with Crippen molar-refractivity contribution in [3.8, 4) is 17.3 Å². The average Bonchev–Trinajstić information content (AvgIpc) is 3.37. The molecule has 1 aromatic carbocycles. The van der Waals surface area contributed by atoms with Crippen molar-refractivity contribution >= 4 is 45.3 Å². The number of carbonyl (C=O) groups excluding carboxylic acids is 1. The number of amides is 1. The van der Waals surface area contributed by atoms with Crippen LogP contribution in [-0.4, -0.2) is 98.3 Å². The van der Waals surface area contributed by atoms with Crippen molar-refractivity contribution in [3.05, 3.63) is 34.9 Å². The summed E-state index contributed by atoms with van der Waals surface area (Å²) in [5, 5.41) is 22.6. The predicted molar refractivity (Wildman–Crippen MR) is 184 cm³/mol. The number of H-pyrrole nitrogens is 1. The van der Waals surface area contributed by atoms with Crippen LogP contribution < -0.4 is 15.0 Å². The van der Waals surface area contributed by atoms with E-state index in [-0.39, 0.29) is 47.7 Å². The van der Waals surface area contributed by atoms with Crippen molar-refractivity contribution in [1.29, 1.82) is 0 Å². The number of aromatic nitrogens is 5. The van der Waals surface area contributed by atoms with E-state index >= 15 is 4.39 Å². The number of anilines is 1. The van der Waals surface area contributed by atoms with Crippen LogP contribution in [0.4, 0.5) is 15.0 Å². The zero-order valence-corrected chi connectivity index (χ0v) is 28.6. The minimum absolute atomic E-state index is 0.0383. The maximum absolute atomic E-state index is 17.2. The molecule has 10 rings (SSSR count). The van der Waals surface area contributed by atoms with Crippen LogP contribution in [0, 0.1) is 11.7 Å². The van der Waals surface area contributed by atoms with E-state index in [2.05, 4.69) is 20.4 Å². The van der Waals surface area contributed by atoms with Gasteiger partial charge in [-0.2, -0.15) is 15.1 Å². The molecule has 1 amide bonds. The number of piperidine rings is 1. The van der Waals surface area contributed by atoms with Gasteiger partial charge in [-0.15, -0.1) is 0 Å². The summed E-state index contributed by atoms with van der Waals surface area (Å²) in [6.45, 7) is 7.30. The molecule has 1 saturated carbocycles. The van der Waals surface area contributed by atoms with E-state index in [1.165, 1.54) is 0 Å². The molecule has 260 valence electrons. The van der Waals surface area contributed by atoms with E-state index in [0.29, 0.717) is 58.7 Å². The summed E-state index contributed by atoms with van der Waals surface area (Å²) in [5.74, 6) is 0.0289. The van der Waals surface area contributed by atoms with Gasteiger partial charge >= 0.3 is 12.1 Å². The Kier molecular flexibility index (Phi) is 8.48. The number of carbonyl (C=O) groups is 1. The van der Waals surface area contributed by atoms with Gasteiger partial charge in [0, 0.05) is 35.3 Å². The lowest BCUT2D eigenvalue weighted by Crippen LogP contribution is -2.53. The Morgan fingerprint density at radius 2 is 1.96 bits per heavy atom. The van der Waals surface area contributed by atoms with Gasteiger partial charge in [-0.3, -0.25) is 15.0 Å². The van der Waals surface area contributed by atoms with Crippen molar-refractivity contribution in [2.45, 2.75) is 82.4 Å². The molecule has 6 aliphatic rings. The molecule has 3 N–H and O–H groups in total. The minimum Gasteiger partial charge on any atom is -0.461 e. The molecule has 5 aliphatic heterocycles. The molecule has 8 heterocycles. The largest absolute Gasteiger partial charge is 0.461 e. The molecule has 3 aromatic heterocycles. The first kappa shape index (κ1) is 32.4. The third kappa shape index (κ3) is 5.73. The fourth-order valence-corrected chi connectivity index (χ4v) is 8.98. The summed E-state index contributed by atoms with van der Waals surface area (Å²) in [6.07, 6.45) is 8.10. The number of hydrogen-bond donors (Lipinski definition) is 3. The standard InChI is InChI=1S/C33H36ClFN8O4.C2H6/c34-23-11-24-21(13-37-41-24)26-25(23)20-9-17(20)3-8-46-32(45)38-18-10-19(44)15-42(14-18)30-22-12-36-29(26)27(35)28(22)39-31(40-30)47-16-33-4-1-6-43(33)7-2-5-33;1-2/h11-13,17-20,44H,1-10,14-16H2,(H,37,41)(H,38,45);1-2H3. The highest BCUT2D eigenvalue weighted by Crippen LogP contribution is 2.56. The van der Waals surface area contributed by atoms with E-state index in [4.69, 9.17) is 36.0 Å². The van der Waals surface area contributed by atoms with E-state index < -0.39 is 24.1 Å². The highest BCUT2D eigenvalue weighted by Gasteiger charge is 2.45. The third-order valence-electron chi connectivity index (χ3n) is 11.0. The Morgan fingerprint density at radius 1 is 1.14 bits per heavy atom. The molecule has 14 heteroatoms. The number of rotatable bonds is 3. The third-order valence-corrected chi connectivity index (χ3v) is 11.3. The van der Waals surface area contributed by atoms with E-state index in [9.17, 15) is 9.90 Å². The van der Waals surface area contributed by atoms with Crippen molar-refractivity contribution in [2.75, 3.05) is 44.3 Å². The van der Waals surface area contributed by atoms with E-state index in [1.807, 2.05) is 24.8 Å². The topological polar surface area (TPSA) is 142 Å². The van der Waals surface area contributed by atoms with Gasteiger partial charge in [-0.05, 0) is 81.5 Å². The smallest absolute Gasteiger partial charge is 0.407 e. The van der Waals surface area contributed by atoms with Crippen LogP contribution in [0.3, 0.4) is 0 Å². The maximum Gasteiger partial charge on any atom is 0.407 e. The molecule has 4 aromatic rings. The van der Waals surface area contributed by atoms with Crippen molar-refractivity contribution in [2.24, 2.45) is 5.92 Å². The summed E-state index contributed by atoms with van der Waals surface area (Å²) in [6, 6.07) is 1.48. The van der Waals surface area contributed by atoms with Crippen LogP contribution >= 0.6 is 11.6 Å². The molecule has 3 saturated heterocycles. The first-order valence-electron chi connectivity index (χ1n) is 17.6. The Hall–Kier alpha value is -3.81. The Bertz CT molecular complexity index is 1900. The number of ether oxygens (including phenoxy) is 2. The number of aliphatic hydroxyl groups excluding tert-OH is 1. The molecular weight excluding hydrogens is 651 g/mol. The van der Waals surface area contributed by atoms with E-state index in [1.54, 1.807) is 12.4 Å². The zero-order chi connectivity index (χ0) is 33.9. The summed E-state index contributed by atoms with van der Waals surface area (Å²) in [7, 11) is 0. The number of alkyl carbamates (subject to hydrolysis) is 1. The molecule has 4 atom stereocenters. The Balaban J connectivity index is 0.00000171. The molecule has 0 radical (unpaired) electrons. The average molecular weight is 693 g/mol. The van der Waals surface area contributed by atoms with Crippen LogP contribution in [0.25, 0.3) is 33.1 Å². The number of nitrogens with one attached hydrogen (secondary N) is 2. The number of benzene rings is 1.